The summed E-state index contributed by atoms with van der Waals surface area (Å²) >= 11 is 8.14. The van der Waals surface area contributed by atoms with Gasteiger partial charge < -0.3 is 4.90 Å². The summed E-state index contributed by atoms with van der Waals surface area (Å²) in [6.45, 7) is 2.72. The van der Waals surface area contributed by atoms with Gasteiger partial charge in [-0.1, -0.05) is 42.8 Å². The molecular weight excluding hydrogens is 397 g/mol. The fourth-order valence-electron chi connectivity index (χ4n) is 2.09. The lowest BCUT2D eigenvalue weighted by Crippen LogP contribution is -2.26. The van der Waals surface area contributed by atoms with Gasteiger partial charge in [-0.3, -0.25) is 4.79 Å². The highest BCUT2D eigenvalue weighted by Crippen LogP contribution is 2.20. The van der Waals surface area contributed by atoms with E-state index in [1.807, 2.05) is 13.1 Å². The summed E-state index contributed by atoms with van der Waals surface area (Å²) in [5.74, 6) is -0.0125. The lowest BCUT2D eigenvalue weighted by molar-refractivity contribution is 0.0784. The maximum atomic E-state index is 12.5. The fourth-order valence-corrected chi connectivity index (χ4v) is 2.83. The van der Waals surface area contributed by atoms with Crippen molar-refractivity contribution in [2.75, 3.05) is 7.05 Å². The normalized spacial score (nSPS) is 10.5. The van der Waals surface area contributed by atoms with Crippen LogP contribution in [0.1, 0.15) is 28.4 Å². The van der Waals surface area contributed by atoms with E-state index in [0.29, 0.717) is 17.1 Å². The molecule has 2 nitrogen and oxygen atoms in total. The van der Waals surface area contributed by atoms with Crippen molar-refractivity contribution in [1.82, 2.24) is 4.90 Å². The van der Waals surface area contributed by atoms with Crippen LogP contribution in [0.15, 0.2) is 42.5 Å². The van der Waals surface area contributed by atoms with E-state index >= 15 is 0 Å². The molecule has 0 atom stereocenters. The molecule has 0 radical (unpaired) electrons. The zero-order valence-corrected chi connectivity index (χ0v) is 15.0. The van der Waals surface area contributed by atoms with Crippen LogP contribution in [-0.2, 0) is 13.0 Å². The van der Waals surface area contributed by atoms with E-state index in [0.717, 1.165) is 15.6 Å². The number of aryl methyl sites for hydroxylation is 1. The molecule has 21 heavy (non-hydrogen) atoms. The molecule has 0 spiro atoms. The first-order valence-corrected chi connectivity index (χ1v) is 8.25. The Morgan fingerprint density at radius 1 is 1.14 bits per heavy atom. The smallest absolute Gasteiger partial charge is 0.255 e. The van der Waals surface area contributed by atoms with Crippen LogP contribution in [0, 0.1) is 3.57 Å². The Morgan fingerprint density at radius 3 is 2.38 bits per heavy atom. The maximum Gasteiger partial charge on any atom is 0.255 e. The molecule has 0 aliphatic heterocycles. The molecule has 0 N–H and O–H groups in total. The highest BCUT2D eigenvalue weighted by atomic mass is 127. The van der Waals surface area contributed by atoms with E-state index in [-0.39, 0.29) is 5.91 Å². The van der Waals surface area contributed by atoms with E-state index in [2.05, 4.69) is 53.8 Å². The predicted molar refractivity (Wildman–Crippen MR) is 95.8 cm³/mol. The molecule has 0 aromatic heterocycles. The van der Waals surface area contributed by atoms with E-state index in [4.69, 9.17) is 11.6 Å². The van der Waals surface area contributed by atoms with Gasteiger partial charge in [0.05, 0.1) is 5.56 Å². The summed E-state index contributed by atoms with van der Waals surface area (Å²) in [4.78, 5) is 14.2. The molecule has 0 unspecified atom stereocenters. The van der Waals surface area contributed by atoms with Gasteiger partial charge in [-0.2, -0.15) is 0 Å². The maximum absolute atomic E-state index is 12.5. The van der Waals surface area contributed by atoms with Gasteiger partial charge in [0.2, 0.25) is 0 Å². The molecule has 0 fully saturated rings. The summed E-state index contributed by atoms with van der Waals surface area (Å²) < 4.78 is 0.912. The quantitative estimate of drug-likeness (QED) is 0.661. The van der Waals surface area contributed by atoms with Gasteiger partial charge in [0.15, 0.2) is 0 Å². The van der Waals surface area contributed by atoms with Crippen molar-refractivity contribution in [2.24, 2.45) is 0 Å². The summed E-state index contributed by atoms with van der Waals surface area (Å²) in [6, 6.07) is 13.7. The molecule has 1 amide bonds. The molecule has 0 heterocycles. The van der Waals surface area contributed by atoms with Gasteiger partial charge in [0, 0.05) is 22.2 Å². The lowest BCUT2D eigenvalue weighted by Gasteiger charge is -2.18. The van der Waals surface area contributed by atoms with Gasteiger partial charge in [0.25, 0.3) is 5.91 Å². The third-order valence-electron chi connectivity index (χ3n) is 3.36. The molecule has 110 valence electrons. The van der Waals surface area contributed by atoms with Crippen LogP contribution in [0.4, 0.5) is 0 Å². The molecule has 2 aromatic rings. The van der Waals surface area contributed by atoms with E-state index < -0.39 is 0 Å². The average molecular weight is 414 g/mol. The number of halogens is 2. The monoisotopic (exact) mass is 413 g/mol. The summed E-state index contributed by atoms with van der Waals surface area (Å²) in [5, 5.41) is 0.583. The van der Waals surface area contributed by atoms with Crippen molar-refractivity contribution in [3.8, 4) is 0 Å². The Balaban J connectivity index is 2.13. The number of carbonyl (C=O) groups excluding carboxylic acids is 1. The number of rotatable bonds is 4. The molecule has 0 bridgehead atoms. The first-order chi connectivity index (χ1) is 10.0. The van der Waals surface area contributed by atoms with E-state index in [9.17, 15) is 4.79 Å². The standard InChI is InChI=1S/C17H17ClINO/c1-3-12-4-6-13(7-5-12)11-20(2)17(21)15-10-14(18)8-9-16(15)19/h4-10H,3,11H2,1-2H3. The number of hydrogen-bond acceptors (Lipinski definition) is 1. The number of nitrogens with zero attached hydrogens (tertiary/aromatic N) is 1. The Morgan fingerprint density at radius 2 is 1.76 bits per heavy atom. The van der Waals surface area contributed by atoms with Gasteiger partial charge in [-0.05, 0) is 58.3 Å². The second kappa shape index (κ2) is 7.27. The van der Waals surface area contributed by atoms with Crippen molar-refractivity contribution >= 4 is 40.1 Å². The van der Waals surface area contributed by atoms with Crippen LogP contribution in [0.5, 0.6) is 0 Å². The number of hydrogen-bond donors (Lipinski definition) is 0. The summed E-state index contributed by atoms with van der Waals surface area (Å²) in [6.07, 6.45) is 1.02. The first-order valence-electron chi connectivity index (χ1n) is 6.79. The minimum atomic E-state index is -0.0125. The number of benzene rings is 2. The van der Waals surface area contributed by atoms with Crippen LogP contribution in [0.2, 0.25) is 5.02 Å². The van der Waals surface area contributed by atoms with Crippen LogP contribution in [0.25, 0.3) is 0 Å². The van der Waals surface area contributed by atoms with Gasteiger partial charge >= 0.3 is 0 Å². The van der Waals surface area contributed by atoms with Gasteiger partial charge in [-0.25, -0.2) is 0 Å². The SMILES string of the molecule is CCc1ccc(CN(C)C(=O)c2cc(Cl)ccc2I)cc1. The minimum Gasteiger partial charge on any atom is -0.337 e. The van der Waals surface area contributed by atoms with Crippen molar-refractivity contribution < 1.29 is 4.79 Å². The molecule has 0 saturated carbocycles. The van der Waals surface area contributed by atoms with E-state index in [1.165, 1.54) is 5.56 Å². The summed E-state index contributed by atoms with van der Waals surface area (Å²) in [5.41, 5.74) is 3.08. The van der Waals surface area contributed by atoms with Crippen LogP contribution in [0.3, 0.4) is 0 Å². The Hall–Kier alpha value is -1.07. The third kappa shape index (κ3) is 4.20. The molecule has 0 aliphatic rings. The first kappa shape index (κ1) is 16.3. The number of amides is 1. The van der Waals surface area contributed by atoms with Crippen molar-refractivity contribution in [3.05, 3.63) is 67.7 Å². The molecule has 4 heteroatoms. The van der Waals surface area contributed by atoms with Gasteiger partial charge in [0.1, 0.15) is 0 Å². The average Bonchev–Trinajstić information content (AvgIpc) is 2.49. The number of carbonyl (C=O) groups is 1. The Bertz CT molecular complexity index is 640. The topological polar surface area (TPSA) is 20.3 Å². The van der Waals surface area contributed by atoms with Crippen LogP contribution >= 0.6 is 34.2 Å². The van der Waals surface area contributed by atoms with Gasteiger partial charge in [-0.15, -0.1) is 0 Å². The highest BCUT2D eigenvalue weighted by Gasteiger charge is 2.15. The molecular formula is C17H17ClINO. The Labute approximate surface area is 144 Å². The Kier molecular flexibility index (Phi) is 5.65. The van der Waals surface area contributed by atoms with Crippen LogP contribution in [-0.4, -0.2) is 17.9 Å². The zero-order chi connectivity index (χ0) is 15.4. The minimum absolute atomic E-state index is 0.0125. The molecule has 2 aromatic carbocycles. The lowest BCUT2D eigenvalue weighted by atomic mass is 10.1. The largest absolute Gasteiger partial charge is 0.337 e. The second-order valence-electron chi connectivity index (χ2n) is 4.96. The highest BCUT2D eigenvalue weighted by molar-refractivity contribution is 14.1. The second-order valence-corrected chi connectivity index (χ2v) is 6.55. The third-order valence-corrected chi connectivity index (χ3v) is 4.53. The van der Waals surface area contributed by atoms with Crippen molar-refractivity contribution in [3.63, 3.8) is 0 Å². The molecule has 2 rings (SSSR count). The zero-order valence-electron chi connectivity index (χ0n) is 12.1. The predicted octanol–water partition coefficient (Wildman–Crippen LogP) is 4.78. The fraction of sp³-hybridized carbons (Fsp3) is 0.235. The van der Waals surface area contributed by atoms with Crippen molar-refractivity contribution in [1.29, 1.82) is 0 Å². The molecule has 0 aliphatic carbocycles. The summed E-state index contributed by atoms with van der Waals surface area (Å²) in [7, 11) is 1.81. The van der Waals surface area contributed by atoms with E-state index in [1.54, 1.807) is 17.0 Å². The van der Waals surface area contributed by atoms with Crippen LogP contribution < -0.4 is 0 Å². The molecule has 0 saturated heterocycles. The van der Waals surface area contributed by atoms with Crippen molar-refractivity contribution in [2.45, 2.75) is 19.9 Å².